The fourth-order valence-corrected chi connectivity index (χ4v) is 5.73. The first-order chi connectivity index (χ1) is 10.1. The van der Waals surface area contributed by atoms with Crippen LogP contribution in [0.15, 0.2) is 24.3 Å². The van der Waals surface area contributed by atoms with Gasteiger partial charge in [-0.25, -0.2) is 0 Å². The van der Waals surface area contributed by atoms with E-state index in [1.54, 1.807) is 0 Å². The Morgan fingerprint density at radius 2 is 1.50 bits per heavy atom. The van der Waals surface area contributed by atoms with Crippen molar-refractivity contribution in [2.45, 2.75) is 38.5 Å². The Balaban J connectivity index is 0.00000144. The second kappa shape index (κ2) is 5.56. The largest absolute Gasteiger partial charge is 0.377 e. The van der Waals surface area contributed by atoms with Gasteiger partial charge in [-0.1, -0.05) is 12.1 Å². The summed E-state index contributed by atoms with van der Waals surface area (Å²) in [5, 5.41) is 0. The molecule has 1 aromatic rings. The molecule has 0 unspecified atom stereocenters. The minimum absolute atomic E-state index is 0. The maximum Gasteiger partial charge on any atom is 0.171 e. The van der Waals surface area contributed by atoms with Crippen molar-refractivity contribution in [3.8, 4) is 0 Å². The number of benzene rings is 1. The van der Waals surface area contributed by atoms with Crippen molar-refractivity contribution in [3.05, 3.63) is 29.8 Å². The second-order valence-electron chi connectivity index (χ2n) is 7.94. The Labute approximate surface area is 139 Å². The molecule has 0 atom stereocenters. The number of nitrogens with zero attached hydrogens (tertiary/aromatic N) is 1. The Kier molecular flexibility index (Phi) is 4.01. The number of carbonyl (C=O) groups is 1. The van der Waals surface area contributed by atoms with Gasteiger partial charge in [0.25, 0.3) is 0 Å². The number of hydrogen-bond donors (Lipinski definition) is 0. The maximum atomic E-state index is 13.4. The van der Waals surface area contributed by atoms with Crippen LogP contribution in [-0.4, -0.2) is 19.9 Å². The predicted molar refractivity (Wildman–Crippen MR) is 93.0 cm³/mol. The average Bonchev–Trinajstić information content (AvgIpc) is 2.45. The van der Waals surface area contributed by atoms with Crippen molar-refractivity contribution < 1.29 is 4.79 Å². The molecule has 0 saturated heterocycles. The standard InChI is InChI=1S/C19H25NO.ClH/c1-20(2)17-6-4-3-5-16(17)18(21)19-10-13-7-14(11-19)9-15(8-13)12-19;/h3-6,13-15H,7-12H2,1-2H3;1H. The van der Waals surface area contributed by atoms with E-state index in [2.05, 4.69) is 11.0 Å². The summed E-state index contributed by atoms with van der Waals surface area (Å²) in [6, 6.07) is 8.16. The molecule has 0 spiro atoms. The van der Waals surface area contributed by atoms with Gasteiger partial charge in [0.2, 0.25) is 0 Å². The summed E-state index contributed by atoms with van der Waals surface area (Å²) < 4.78 is 0. The number of carbonyl (C=O) groups excluding carboxylic acids is 1. The van der Waals surface area contributed by atoms with E-state index in [9.17, 15) is 4.79 Å². The van der Waals surface area contributed by atoms with Crippen LogP contribution in [0.1, 0.15) is 48.9 Å². The van der Waals surface area contributed by atoms with Gasteiger partial charge < -0.3 is 4.90 Å². The molecule has 1 aromatic carbocycles. The summed E-state index contributed by atoms with van der Waals surface area (Å²) >= 11 is 0. The van der Waals surface area contributed by atoms with Gasteiger partial charge in [-0.15, -0.1) is 12.4 Å². The molecule has 3 heteroatoms. The van der Waals surface area contributed by atoms with Crippen LogP contribution >= 0.6 is 12.4 Å². The molecule has 4 aliphatic rings. The fraction of sp³-hybridized carbons (Fsp3) is 0.632. The van der Waals surface area contributed by atoms with E-state index in [-0.39, 0.29) is 17.8 Å². The van der Waals surface area contributed by atoms with E-state index < -0.39 is 0 Å². The lowest BCUT2D eigenvalue weighted by Gasteiger charge is -2.56. The highest BCUT2D eigenvalue weighted by atomic mass is 35.5. The fourth-order valence-electron chi connectivity index (χ4n) is 5.73. The Morgan fingerprint density at radius 3 is 2.00 bits per heavy atom. The molecule has 4 aliphatic carbocycles. The quantitative estimate of drug-likeness (QED) is 0.760. The Morgan fingerprint density at radius 1 is 1.00 bits per heavy atom. The minimum Gasteiger partial charge on any atom is -0.377 e. The third-order valence-corrected chi connectivity index (χ3v) is 6.15. The lowest BCUT2D eigenvalue weighted by molar-refractivity contribution is -0.0352. The molecule has 0 aromatic heterocycles. The zero-order valence-corrected chi connectivity index (χ0v) is 14.4. The molecule has 22 heavy (non-hydrogen) atoms. The first-order valence-electron chi connectivity index (χ1n) is 8.38. The van der Waals surface area contributed by atoms with Crippen molar-refractivity contribution >= 4 is 23.9 Å². The Hall–Kier alpha value is -1.02. The summed E-state index contributed by atoms with van der Waals surface area (Å²) in [6.45, 7) is 0. The molecule has 0 amide bonds. The van der Waals surface area contributed by atoms with Crippen LogP contribution in [0.3, 0.4) is 0 Å². The monoisotopic (exact) mass is 319 g/mol. The van der Waals surface area contributed by atoms with Gasteiger partial charge in [0, 0.05) is 30.8 Å². The molecule has 120 valence electrons. The third-order valence-electron chi connectivity index (χ3n) is 6.15. The van der Waals surface area contributed by atoms with Crippen LogP contribution in [-0.2, 0) is 0 Å². The highest BCUT2D eigenvalue weighted by Crippen LogP contribution is 2.61. The molecular weight excluding hydrogens is 294 g/mol. The van der Waals surface area contributed by atoms with Crippen molar-refractivity contribution in [2.75, 3.05) is 19.0 Å². The van der Waals surface area contributed by atoms with Gasteiger partial charge in [-0.05, 0) is 68.4 Å². The highest BCUT2D eigenvalue weighted by Gasteiger charge is 2.54. The SMILES string of the molecule is CN(C)c1ccccc1C(=O)C12CC3CC(CC(C3)C1)C2.Cl. The van der Waals surface area contributed by atoms with Crippen LogP contribution < -0.4 is 4.90 Å². The first-order valence-corrected chi connectivity index (χ1v) is 8.38. The first kappa shape index (κ1) is 15.9. The van der Waals surface area contributed by atoms with Gasteiger partial charge in [0.1, 0.15) is 0 Å². The number of anilines is 1. The second-order valence-corrected chi connectivity index (χ2v) is 7.94. The van der Waals surface area contributed by atoms with Gasteiger partial charge in [0.05, 0.1) is 0 Å². The van der Waals surface area contributed by atoms with Gasteiger partial charge in [-0.2, -0.15) is 0 Å². The molecule has 0 N–H and O–H groups in total. The third kappa shape index (κ3) is 2.36. The van der Waals surface area contributed by atoms with Crippen molar-refractivity contribution in [1.82, 2.24) is 0 Å². The summed E-state index contributed by atoms with van der Waals surface area (Å²) in [6.07, 6.45) is 7.63. The number of ketones is 1. The molecule has 5 rings (SSSR count). The van der Waals surface area contributed by atoms with E-state index in [0.717, 1.165) is 48.3 Å². The van der Waals surface area contributed by atoms with Crippen LogP contribution in [0.4, 0.5) is 5.69 Å². The van der Waals surface area contributed by atoms with Crippen molar-refractivity contribution in [2.24, 2.45) is 23.2 Å². The van der Waals surface area contributed by atoms with Crippen LogP contribution in [0.5, 0.6) is 0 Å². The lowest BCUT2D eigenvalue weighted by Crippen LogP contribution is -2.50. The highest BCUT2D eigenvalue weighted by molar-refractivity contribution is 6.05. The number of rotatable bonds is 3. The van der Waals surface area contributed by atoms with E-state index in [4.69, 9.17) is 0 Å². The average molecular weight is 320 g/mol. The molecule has 0 aliphatic heterocycles. The molecule has 0 heterocycles. The smallest absolute Gasteiger partial charge is 0.171 e. The molecule has 0 radical (unpaired) electrons. The summed E-state index contributed by atoms with van der Waals surface area (Å²) in [5.74, 6) is 2.91. The van der Waals surface area contributed by atoms with Crippen LogP contribution in [0, 0.1) is 23.2 Å². The number of Topliss-reactive ketones (excluding diaryl/α,β-unsaturated/α-hetero) is 1. The lowest BCUT2D eigenvalue weighted by atomic mass is 9.48. The minimum atomic E-state index is -0.0269. The summed E-state index contributed by atoms with van der Waals surface area (Å²) in [7, 11) is 4.07. The topological polar surface area (TPSA) is 20.3 Å². The summed E-state index contributed by atoms with van der Waals surface area (Å²) in [4.78, 5) is 15.5. The number of para-hydroxylation sites is 1. The van der Waals surface area contributed by atoms with E-state index >= 15 is 0 Å². The molecular formula is C19H26ClNO. The van der Waals surface area contributed by atoms with Crippen molar-refractivity contribution in [1.29, 1.82) is 0 Å². The number of hydrogen-bond acceptors (Lipinski definition) is 2. The van der Waals surface area contributed by atoms with E-state index in [1.807, 2.05) is 32.3 Å². The summed E-state index contributed by atoms with van der Waals surface area (Å²) in [5.41, 5.74) is 2.00. The van der Waals surface area contributed by atoms with Crippen molar-refractivity contribution in [3.63, 3.8) is 0 Å². The zero-order chi connectivity index (χ0) is 14.6. The molecule has 4 saturated carbocycles. The zero-order valence-electron chi connectivity index (χ0n) is 13.5. The number of halogens is 1. The predicted octanol–water partition coefficient (Wildman–Crippen LogP) is 4.57. The normalized spacial score (nSPS) is 35.1. The van der Waals surface area contributed by atoms with E-state index in [1.165, 1.54) is 19.3 Å². The van der Waals surface area contributed by atoms with Gasteiger partial charge in [-0.3, -0.25) is 4.79 Å². The van der Waals surface area contributed by atoms with Gasteiger partial charge >= 0.3 is 0 Å². The van der Waals surface area contributed by atoms with Crippen LogP contribution in [0.2, 0.25) is 0 Å². The Bertz CT molecular complexity index is 545. The molecule has 4 fully saturated rings. The van der Waals surface area contributed by atoms with Crippen LogP contribution in [0.25, 0.3) is 0 Å². The maximum absolute atomic E-state index is 13.4. The van der Waals surface area contributed by atoms with E-state index in [0.29, 0.717) is 5.78 Å². The molecule has 4 bridgehead atoms. The molecule has 2 nitrogen and oxygen atoms in total. The van der Waals surface area contributed by atoms with Gasteiger partial charge in [0.15, 0.2) is 5.78 Å².